The number of hydrogen-bond acceptors (Lipinski definition) is 3. The van der Waals surface area contributed by atoms with E-state index in [0.29, 0.717) is 18.5 Å². The van der Waals surface area contributed by atoms with Gasteiger partial charge in [-0.15, -0.1) is 0 Å². The molecule has 0 aromatic heterocycles. The van der Waals surface area contributed by atoms with Crippen molar-refractivity contribution < 1.29 is 13.2 Å². The Morgan fingerprint density at radius 2 is 1.96 bits per heavy atom. The molecule has 1 aliphatic rings. The maximum absolute atomic E-state index is 12.8. The van der Waals surface area contributed by atoms with Gasteiger partial charge in [-0.05, 0) is 72.0 Å². The fourth-order valence-electron chi connectivity index (χ4n) is 2.65. The molecule has 2 aromatic carbocycles. The monoisotopic (exact) mass is 442 g/mol. The summed E-state index contributed by atoms with van der Waals surface area (Å²) in [6.45, 7) is 0.558. The Bertz CT molecular complexity index is 881. The second-order valence-corrected chi connectivity index (χ2v) is 8.23. The Hall–Kier alpha value is -1.45. The van der Waals surface area contributed by atoms with Crippen molar-refractivity contribution in [3.05, 3.63) is 57.2 Å². The Labute approximate surface area is 148 Å². The Kier molecular flexibility index (Phi) is 4.43. The van der Waals surface area contributed by atoms with Crippen LogP contribution >= 0.6 is 22.6 Å². The highest BCUT2D eigenvalue weighted by atomic mass is 127. The summed E-state index contributed by atoms with van der Waals surface area (Å²) in [5, 5.41) is 0. The quantitative estimate of drug-likeness (QED) is 0.743. The van der Waals surface area contributed by atoms with Crippen molar-refractivity contribution in [2.24, 2.45) is 0 Å². The second kappa shape index (κ2) is 6.21. The van der Waals surface area contributed by atoms with Gasteiger partial charge in [0.25, 0.3) is 5.91 Å². The highest BCUT2D eigenvalue weighted by Gasteiger charge is 2.27. The van der Waals surface area contributed by atoms with Crippen LogP contribution < -0.4 is 9.62 Å². The predicted molar refractivity (Wildman–Crippen MR) is 97.2 cm³/mol. The Balaban J connectivity index is 1.97. The number of benzene rings is 2. The molecule has 0 bridgehead atoms. The first kappa shape index (κ1) is 16.4. The van der Waals surface area contributed by atoms with Crippen molar-refractivity contribution in [2.45, 2.75) is 11.3 Å². The lowest BCUT2D eigenvalue weighted by Crippen LogP contribution is -2.29. The lowest BCUT2D eigenvalue weighted by molar-refractivity contribution is 0.0988. The lowest BCUT2D eigenvalue weighted by atomic mass is 10.1. The molecule has 2 aromatic rings. The van der Waals surface area contributed by atoms with Crippen LogP contribution in [0.2, 0.25) is 0 Å². The third kappa shape index (κ3) is 3.00. The number of nitrogens with one attached hydrogen (secondary N) is 1. The van der Waals surface area contributed by atoms with Crippen molar-refractivity contribution in [1.29, 1.82) is 0 Å². The smallest absolute Gasteiger partial charge is 0.259 e. The predicted octanol–water partition coefficient (Wildman–Crippen LogP) is 2.40. The van der Waals surface area contributed by atoms with E-state index in [9.17, 15) is 13.2 Å². The van der Waals surface area contributed by atoms with Crippen molar-refractivity contribution >= 4 is 44.2 Å². The van der Waals surface area contributed by atoms with E-state index < -0.39 is 10.0 Å². The van der Waals surface area contributed by atoms with Gasteiger partial charge in [0, 0.05) is 15.8 Å². The van der Waals surface area contributed by atoms with Crippen molar-refractivity contribution in [2.75, 3.05) is 18.5 Å². The van der Waals surface area contributed by atoms with Crippen molar-refractivity contribution in [1.82, 2.24) is 4.72 Å². The molecule has 0 saturated carbocycles. The molecule has 0 saturated heterocycles. The molecule has 120 valence electrons. The van der Waals surface area contributed by atoms with Crippen LogP contribution in [0, 0.1) is 3.57 Å². The molecule has 1 aliphatic heterocycles. The summed E-state index contributed by atoms with van der Waals surface area (Å²) in [6, 6.07) is 12.3. The third-order valence-electron chi connectivity index (χ3n) is 3.87. The van der Waals surface area contributed by atoms with Gasteiger partial charge in [-0.3, -0.25) is 4.79 Å². The summed E-state index contributed by atoms with van der Waals surface area (Å²) in [6.07, 6.45) is 0.650. The van der Waals surface area contributed by atoms with Gasteiger partial charge in [0.05, 0.1) is 10.5 Å². The van der Waals surface area contributed by atoms with E-state index >= 15 is 0 Å². The number of carbonyl (C=O) groups is 1. The van der Waals surface area contributed by atoms with Crippen LogP contribution in [0.25, 0.3) is 0 Å². The molecule has 0 radical (unpaired) electrons. The highest BCUT2D eigenvalue weighted by Crippen LogP contribution is 2.31. The zero-order valence-electron chi connectivity index (χ0n) is 12.4. The fourth-order valence-corrected chi connectivity index (χ4v) is 4.05. The number of fused-ring (bicyclic) bond motifs is 1. The number of carbonyl (C=O) groups excluding carboxylic acids is 1. The van der Waals surface area contributed by atoms with Crippen molar-refractivity contribution in [3.63, 3.8) is 0 Å². The fraction of sp³-hybridized carbons (Fsp3) is 0.188. The van der Waals surface area contributed by atoms with Gasteiger partial charge in [0.2, 0.25) is 10.0 Å². The molecule has 0 unspecified atom stereocenters. The van der Waals surface area contributed by atoms with Gasteiger partial charge in [-0.25, -0.2) is 13.1 Å². The summed E-state index contributed by atoms with van der Waals surface area (Å²) in [4.78, 5) is 14.7. The summed E-state index contributed by atoms with van der Waals surface area (Å²) in [7, 11) is -2.09. The number of nitrogens with zero attached hydrogens (tertiary/aromatic N) is 1. The van der Waals surface area contributed by atoms with Crippen LogP contribution in [0.4, 0.5) is 5.69 Å². The molecule has 0 aliphatic carbocycles. The zero-order valence-corrected chi connectivity index (χ0v) is 15.4. The highest BCUT2D eigenvalue weighted by molar-refractivity contribution is 14.1. The molecule has 3 rings (SSSR count). The summed E-state index contributed by atoms with van der Waals surface area (Å²) < 4.78 is 27.0. The van der Waals surface area contributed by atoms with Crippen LogP contribution in [0.5, 0.6) is 0 Å². The minimum atomic E-state index is -3.47. The molecule has 1 N–H and O–H groups in total. The number of rotatable bonds is 3. The van der Waals surface area contributed by atoms with E-state index in [1.165, 1.54) is 13.1 Å². The molecular weight excluding hydrogens is 427 g/mol. The number of halogens is 1. The van der Waals surface area contributed by atoms with Gasteiger partial charge in [0.15, 0.2) is 0 Å². The normalized spacial score (nSPS) is 13.9. The average Bonchev–Trinajstić information content (AvgIpc) is 2.97. The van der Waals surface area contributed by atoms with Crippen molar-refractivity contribution in [3.8, 4) is 0 Å². The topological polar surface area (TPSA) is 66.5 Å². The zero-order chi connectivity index (χ0) is 16.6. The van der Waals surface area contributed by atoms with Gasteiger partial charge >= 0.3 is 0 Å². The van der Waals surface area contributed by atoms with Gasteiger partial charge in [-0.1, -0.05) is 12.1 Å². The molecule has 5 nitrogen and oxygen atoms in total. The Morgan fingerprint density at radius 1 is 1.22 bits per heavy atom. The average molecular weight is 442 g/mol. The van der Waals surface area contributed by atoms with E-state index in [1.54, 1.807) is 17.0 Å². The van der Waals surface area contributed by atoms with E-state index in [0.717, 1.165) is 14.8 Å². The standard InChI is InChI=1S/C16H15IN2O3S/c1-18-23(21,22)12-6-7-15-11(10-12)8-9-19(15)16(20)13-4-2-3-5-14(13)17/h2-7,10,18H,8-9H2,1H3. The SMILES string of the molecule is CNS(=O)(=O)c1ccc2c(c1)CCN2C(=O)c1ccccc1I. The number of amides is 1. The molecule has 0 atom stereocenters. The molecule has 1 heterocycles. The molecule has 0 spiro atoms. The maximum atomic E-state index is 12.8. The van der Waals surface area contributed by atoms with Gasteiger partial charge < -0.3 is 4.90 Å². The first-order valence-corrected chi connectivity index (χ1v) is 9.63. The summed E-state index contributed by atoms with van der Waals surface area (Å²) in [5.41, 5.74) is 2.32. The van der Waals surface area contributed by atoms with E-state index in [1.807, 2.05) is 24.3 Å². The third-order valence-corrected chi connectivity index (χ3v) is 6.23. The number of anilines is 1. The second-order valence-electron chi connectivity index (χ2n) is 5.18. The number of sulfonamides is 1. The van der Waals surface area contributed by atoms with E-state index in [-0.39, 0.29) is 10.8 Å². The largest absolute Gasteiger partial charge is 0.308 e. The molecule has 1 amide bonds. The first-order chi connectivity index (χ1) is 10.9. The van der Waals surface area contributed by atoms with Crippen LogP contribution in [0.1, 0.15) is 15.9 Å². The Morgan fingerprint density at radius 3 is 2.65 bits per heavy atom. The van der Waals surface area contributed by atoms with E-state index in [2.05, 4.69) is 27.3 Å². The molecule has 7 heteroatoms. The first-order valence-electron chi connectivity index (χ1n) is 7.07. The lowest BCUT2D eigenvalue weighted by Gasteiger charge is -2.18. The molecule has 23 heavy (non-hydrogen) atoms. The summed E-state index contributed by atoms with van der Waals surface area (Å²) >= 11 is 2.15. The van der Waals surface area contributed by atoms with Crippen LogP contribution in [-0.2, 0) is 16.4 Å². The minimum absolute atomic E-state index is 0.0574. The maximum Gasteiger partial charge on any atom is 0.259 e. The van der Waals surface area contributed by atoms with Gasteiger partial charge in [-0.2, -0.15) is 0 Å². The number of hydrogen-bond donors (Lipinski definition) is 1. The molecular formula is C16H15IN2O3S. The summed E-state index contributed by atoms with van der Waals surface area (Å²) in [5.74, 6) is -0.0574. The minimum Gasteiger partial charge on any atom is -0.308 e. The van der Waals surface area contributed by atoms with E-state index in [4.69, 9.17) is 0 Å². The molecule has 0 fully saturated rings. The van der Waals surface area contributed by atoms with Crippen LogP contribution in [0.15, 0.2) is 47.4 Å². The van der Waals surface area contributed by atoms with Crippen LogP contribution in [0.3, 0.4) is 0 Å². The van der Waals surface area contributed by atoms with Gasteiger partial charge in [0.1, 0.15) is 0 Å². The van der Waals surface area contributed by atoms with Crippen LogP contribution in [-0.4, -0.2) is 27.9 Å².